The Hall–Kier alpha value is -1.91. The molecule has 0 spiro atoms. The van der Waals surface area contributed by atoms with E-state index in [9.17, 15) is 4.39 Å². The van der Waals surface area contributed by atoms with Crippen molar-refractivity contribution in [1.29, 1.82) is 0 Å². The fourth-order valence-electron chi connectivity index (χ4n) is 2.01. The standard InChI is InChI=1S/C11H11FN4/c12-10-6-13-2-1-11(10)15-3-4-16-8-14-5-9(16)7-15/h1-2,5-6,8H,3-4,7H2. The first-order valence-corrected chi connectivity index (χ1v) is 5.18. The van der Waals surface area contributed by atoms with Gasteiger partial charge in [0.2, 0.25) is 0 Å². The molecule has 1 aliphatic rings. The van der Waals surface area contributed by atoms with Gasteiger partial charge in [0, 0.05) is 25.5 Å². The quantitative estimate of drug-likeness (QED) is 0.726. The van der Waals surface area contributed by atoms with Crippen LogP contribution in [-0.2, 0) is 13.1 Å². The maximum absolute atomic E-state index is 13.5. The van der Waals surface area contributed by atoms with Gasteiger partial charge in [-0.15, -0.1) is 0 Å². The van der Waals surface area contributed by atoms with Crippen LogP contribution in [0.2, 0.25) is 0 Å². The molecule has 82 valence electrons. The van der Waals surface area contributed by atoms with Crippen molar-refractivity contribution in [3.63, 3.8) is 0 Å². The molecular weight excluding hydrogens is 207 g/mol. The van der Waals surface area contributed by atoms with Crippen LogP contribution in [0, 0.1) is 5.82 Å². The van der Waals surface area contributed by atoms with Crippen LogP contribution in [0.4, 0.5) is 10.1 Å². The van der Waals surface area contributed by atoms with Gasteiger partial charge in [0.05, 0.1) is 30.5 Å². The fourth-order valence-corrected chi connectivity index (χ4v) is 2.01. The third-order valence-electron chi connectivity index (χ3n) is 2.85. The van der Waals surface area contributed by atoms with Gasteiger partial charge in [-0.3, -0.25) is 4.98 Å². The summed E-state index contributed by atoms with van der Waals surface area (Å²) in [6, 6.07) is 1.71. The van der Waals surface area contributed by atoms with Gasteiger partial charge in [-0.25, -0.2) is 9.37 Å². The number of aromatic nitrogens is 3. The SMILES string of the molecule is Fc1cnccc1N1CCn2cncc2C1. The monoisotopic (exact) mass is 218 g/mol. The lowest BCUT2D eigenvalue weighted by molar-refractivity contribution is 0.551. The highest BCUT2D eigenvalue weighted by Gasteiger charge is 2.18. The molecular formula is C11H11FN4. The van der Waals surface area contributed by atoms with Gasteiger partial charge in [0.25, 0.3) is 0 Å². The lowest BCUT2D eigenvalue weighted by Crippen LogP contribution is -2.33. The summed E-state index contributed by atoms with van der Waals surface area (Å²) in [7, 11) is 0. The van der Waals surface area contributed by atoms with Crippen LogP contribution >= 0.6 is 0 Å². The summed E-state index contributed by atoms with van der Waals surface area (Å²) in [6.45, 7) is 2.34. The minimum atomic E-state index is -0.268. The Morgan fingerprint density at radius 1 is 1.19 bits per heavy atom. The van der Waals surface area contributed by atoms with Gasteiger partial charge in [-0.05, 0) is 6.07 Å². The van der Waals surface area contributed by atoms with Crippen molar-refractivity contribution in [3.8, 4) is 0 Å². The summed E-state index contributed by atoms with van der Waals surface area (Å²) < 4.78 is 15.6. The second-order valence-electron chi connectivity index (χ2n) is 3.83. The molecule has 0 saturated carbocycles. The molecule has 3 heterocycles. The van der Waals surface area contributed by atoms with Gasteiger partial charge in [0.15, 0.2) is 5.82 Å². The second-order valence-corrected chi connectivity index (χ2v) is 3.83. The van der Waals surface area contributed by atoms with Crippen LogP contribution in [0.1, 0.15) is 5.69 Å². The molecule has 4 nitrogen and oxygen atoms in total. The van der Waals surface area contributed by atoms with Gasteiger partial charge in [-0.2, -0.15) is 0 Å². The average molecular weight is 218 g/mol. The Morgan fingerprint density at radius 2 is 2.12 bits per heavy atom. The number of anilines is 1. The third kappa shape index (κ3) is 1.44. The number of pyridine rings is 1. The van der Waals surface area contributed by atoms with Gasteiger partial charge >= 0.3 is 0 Å². The largest absolute Gasteiger partial charge is 0.361 e. The van der Waals surface area contributed by atoms with Gasteiger partial charge in [0.1, 0.15) is 0 Å². The normalized spacial score (nSPS) is 14.9. The molecule has 5 heteroatoms. The molecule has 0 unspecified atom stereocenters. The maximum Gasteiger partial charge on any atom is 0.164 e. The van der Waals surface area contributed by atoms with E-state index in [1.807, 2.05) is 17.4 Å². The fraction of sp³-hybridized carbons (Fsp3) is 0.273. The summed E-state index contributed by atoms with van der Waals surface area (Å²) in [4.78, 5) is 9.85. The van der Waals surface area contributed by atoms with E-state index in [-0.39, 0.29) is 5.82 Å². The van der Waals surface area contributed by atoms with E-state index in [1.54, 1.807) is 12.3 Å². The molecule has 0 bridgehead atoms. The first-order valence-electron chi connectivity index (χ1n) is 5.18. The minimum absolute atomic E-state index is 0.268. The van der Waals surface area contributed by atoms with Crippen molar-refractivity contribution in [2.45, 2.75) is 13.1 Å². The average Bonchev–Trinajstić information content (AvgIpc) is 2.76. The summed E-state index contributed by atoms with van der Waals surface area (Å²) in [5.41, 5.74) is 1.73. The van der Waals surface area contributed by atoms with E-state index in [1.165, 1.54) is 6.20 Å². The van der Waals surface area contributed by atoms with Crippen molar-refractivity contribution in [2.24, 2.45) is 0 Å². The van der Waals surface area contributed by atoms with E-state index in [4.69, 9.17) is 0 Å². The van der Waals surface area contributed by atoms with E-state index in [0.717, 1.165) is 18.8 Å². The Labute approximate surface area is 92.4 Å². The Balaban J connectivity index is 1.92. The predicted molar refractivity (Wildman–Crippen MR) is 57.5 cm³/mol. The number of nitrogens with zero attached hydrogens (tertiary/aromatic N) is 4. The van der Waals surface area contributed by atoms with Crippen molar-refractivity contribution in [1.82, 2.24) is 14.5 Å². The van der Waals surface area contributed by atoms with Crippen LogP contribution in [-0.4, -0.2) is 21.1 Å². The number of fused-ring (bicyclic) bond motifs is 1. The third-order valence-corrected chi connectivity index (χ3v) is 2.85. The lowest BCUT2D eigenvalue weighted by Gasteiger charge is -2.29. The molecule has 0 fully saturated rings. The second kappa shape index (κ2) is 3.59. The highest BCUT2D eigenvalue weighted by Crippen LogP contribution is 2.22. The first kappa shape index (κ1) is 9.33. The zero-order valence-electron chi connectivity index (χ0n) is 8.67. The van der Waals surface area contributed by atoms with Crippen LogP contribution < -0.4 is 4.90 Å². The Bertz CT molecular complexity index is 508. The van der Waals surface area contributed by atoms with Crippen molar-refractivity contribution >= 4 is 5.69 Å². The molecule has 0 radical (unpaired) electrons. The zero-order chi connectivity index (χ0) is 11.0. The molecule has 0 saturated heterocycles. The number of halogens is 1. The number of rotatable bonds is 1. The van der Waals surface area contributed by atoms with Crippen molar-refractivity contribution in [2.75, 3.05) is 11.4 Å². The van der Waals surface area contributed by atoms with Crippen molar-refractivity contribution < 1.29 is 4.39 Å². The molecule has 0 aromatic carbocycles. The lowest BCUT2D eigenvalue weighted by atomic mass is 10.2. The van der Waals surface area contributed by atoms with Gasteiger partial charge in [-0.1, -0.05) is 0 Å². The van der Waals surface area contributed by atoms with Gasteiger partial charge < -0.3 is 9.47 Å². The molecule has 0 N–H and O–H groups in total. The predicted octanol–water partition coefficient (Wildman–Crippen LogP) is 1.44. The summed E-state index contributed by atoms with van der Waals surface area (Å²) in [6.07, 6.45) is 6.51. The molecule has 2 aromatic heterocycles. The molecule has 1 aliphatic heterocycles. The van der Waals surface area contributed by atoms with Crippen LogP contribution in [0.25, 0.3) is 0 Å². The molecule has 0 aliphatic carbocycles. The van der Waals surface area contributed by atoms with Crippen LogP contribution in [0.5, 0.6) is 0 Å². The topological polar surface area (TPSA) is 34.0 Å². The maximum atomic E-state index is 13.5. The molecule has 3 rings (SSSR count). The minimum Gasteiger partial charge on any atom is -0.361 e. The molecule has 2 aromatic rings. The van der Waals surface area contributed by atoms with E-state index < -0.39 is 0 Å². The van der Waals surface area contributed by atoms with Crippen LogP contribution in [0.15, 0.2) is 31.0 Å². The van der Waals surface area contributed by atoms with E-state index in [0.29, 0.717) is 12.2 Å². The van der Waals surface area contributed by atoms with E-state index in [2.05, 4.69) is 14.5 Å². The molecule has 0 atom stereocenters. The number of hydrogen-bond donors (Lipinski definition) is 0. The van der Waals surface area contributed by atoms with Crippen molar-refractivity contribution in [3.05, 3.63) is 42.5 Å². The highest BCUT2D eigenvalue weighted by atomic mass is 19.1. The summed E-state index contributed by atoms with van der Waals surface area (Å²) >= 11 is 0. The zero-order valence-corrected chi connectivity index (χ0v) is 8.67. The van der Waals surface area contributed by atoms with E-state index >= 15 is 0 Å². The molecule has 0 amide bonds. The van der Waals surface area contributed by atoms with Crippen LogP contribution in [0.3, 0.4) is 0 Å². The highest BCUT2D eigenvalue weighted by molar-refractivity contribution is 5.46. The molecule has 16 heavy (non-hydrogen) atoms. The summed E-state index contributed by atoms with van der Waals surface area (Å²) in [5.74, 6) is -0.268. The number of imidazole rings is 1. The Kier molecular flexibility index (Phi) is 2.09. The smallest absolute Gasteiger partial charge is 0.164 e. The Morgan fingerprint density at radius 3 is 3.00 bits per heavy atom. The number of hydrogen-bond acceptors (Lipinski definition) is 3. The summed E-state index contributed by atoms with van der Waals surface area (Å²) in [5, 5.41) is 0. The first-order chi connectivity index (χ1) is 7.84.